The molecule has 3 rings (SSSR count). The number of hydrogen-bond acceptors (Lipinski definition) is 2. The highest BCUT2D eigenvalue weighted by Gasteiger charge is 2.48. The molecule has 132 valence electrons. The summed E-state index contributed by atoms with van der Waals surface area (Å²) >= 11 is 0. The maximum Gasteiger partial charge on any atom is 0.0919 e. The summed E-state index contributed by atoms with van der Waals surface area (Å²) in [6.45, 7) is 6.56. The standard InChI is InChI=1S/C21H37NO/c1-3-4-7-19-16(2)8-10-18(14-22)20(19)11-9-17-6-5-12-21(13-17)15-23-21/h3-4,16-20H,5-15,22H2,1-2H3/b4-3+/t16-,17-,18-,19-,20?,21-/m1/s1. The Hall–Kier alpha value is -0.340. The summed E-state index contributed by atoms with van der Waals surface area (Å²) < 4.78 is 5.76. The van der Waals surface area contributed by atoms with Crippen molar-refractivity contribution >= 4 is 0 Å². The van der Waals surface area contributed by atoms with Crippen LogP contribution >= 0.6 is 0 Å². The van der Waals surface area contributed by atoms with Crippen LogP contribution in [-0.4, -0.2) is 18.8 Å². The first-order valence-electron chi connectivity index (χ1n) is 10.1. The maximum atomic E-state index is 6.15. The molecule has 6 atom stereocenters. The summed E-state index contributed by atoms with van der Waals surface area (Å²) in [6.07, 6.45) is 16.9. The minimum Gasteiger partial charge on any atom is -0.370 e. The molecular weight excluding hydrogens is 282 g/mol. The zero-order valence-corrected chi connectivity index (χ0v) is 15.3. The van der Waals surface area contributed by atoms with Crippen molar-refractivity contribution in [3.63, 3.8) is 0 Å². The van der Waals surface area contributed by atoms with Crippen LogP contribution in [0.4, 0.5) is 0 Å². The van der Waals surface area contributed by atoms with Crippen molar-refractivity contribution in [2.75, 3.05) is 13.2 Å². The summed E-state index contributed by atoms with van der Waals surface area (Å²) in [5, 5.41) is 0. The first-order valence-corrected chi connectivity index (χ1v) is 10.1. The lowest BCUT2D eigenvalue weighted by Crippen LogP contribution is -2.37. The molecule has 0 bridgehead atoms. The lowest BCUT2D eigenvalue weighted by Gasteiger charge is -2.42. The molecule has 2 aliphatic carbocycles. The quantitative estimate of drug-likeness (QED) is 0.557. The van der Waals surface area contributed by atoms with Crippen molar-refractivity contribution in [1.29, 1.82) is 0 Å². The van der Waals surface area contributed by atoms with E-state index in [9.17, 15) is 0 Å². The fourth-order valence-electron chi connectivity index (χ4n) is 5.60. The van der Waals surface area contributed by atoms with E-state index in [4.69, 9.17) is 10.5 Å². The normalized spacial score (nSPS) is 44.0. The van der Waals surface area contributed by atoms with Gasteiger partial charge in [-0.25, -0.2) is 0 Å². The molecule has 23 heavy (non-hydrogen) atoms. The fourth-order valence-corrected chi connectivity index (χ4v) is 5.60. The van der Waals surface area contributed by atoms with E-state index in [0.29, 0.717) is 5.60 Å². The Morgan fingerprint density at radius 2 is 2.00 bits per heavy atom. The third kappa shape index (κ3) is 4.20. The maximum absolute atomic E-state index is 6.15. The molecule has 3 fully saturated rings. The SMILES string of the molecule is C/C=C/C[C@H]1C(CC[C@H]2CCC[C@]3(CO3)C2)[C@@H](CN)CC[C@H]1C. The predicted molar refractivity (Wildman–Crippen MR) is 97.2 cm³/mol. The Balaban J connectivity index is 1.58. The van der Waals surface area contributed by atoms with E-state index in [0.717, 1.165) is 42.7 Å². The number of allylic oxidation sites excluding steroid dienone is 2. The van der Waals surface area contributed by atoms with E-state index < -0.39 is 0 Å². The van der Waals surface area contributed by atoms with Gasteiger partial charge < -0.3 is 10.5 Å². The van der Waals surface area contributed by atoms with Gasteiger partial charge in [0.2, 0.25) is 0 Å². The molecule has 0 amide bonds. The summed E-state index contributed by atoms with van der Waals surface area (Å²) in [7, 11) is 0. The smallest absolute Gasteiger partial charge is 0.0919 e. The van der Waals surface area contributed by atoms with Crippen LogP contribution in [-0.2, 0) is 4.74 Å². The van der Waals surface area contributed by atoms with Crippen molar-refractivity contribution in [2.45, 2.75) is 77.2 Å². The molecule has 2 nitrogen and oxygen atoms in total. The van der Waals surface area contributed by atoms with Gasteiger partial charge >= 0.3 is 0 Å². The van der Waals surface area contributed by atoms with Gasteiger partial charge in [-0.3, -0.25) is 0 Å². The molecule has 0 radical (unpaired) electrons. The van der Waals surface area contributed by atoms with Crippen molar-refractivity contribution < 1.29 is 4.74 Å². The third-order valence-corrected chi connectivity index (χ3v) is 7.19. The highest BCUT2D eigenvalue weighted by molar-refractivity contribution is 4.97. The highest BCUT2D eigenvalue weighted by atomic mass is 16.6. The molecule has 2 N–H and O–H groups in total. The second kappa shape index (κ2) is 7.70. The van der Waals surface area contributed by atoms with Gasteiger partial charge in [0.15, 0.2) is 0 Å². The second-order valence-corrected chi connectivity index (χ2v) is 8.69. The summed E-state index contributed by atoms with van der Waals surface area (Å²) in [5.74, 6) is 4.23. The number of ether oxygens (including phenoxy) is 1. The van der Waals surface area contributed by atoms with Crippen LogP contribution in [0.1, 0.15) is 71.6 Å². The Labute approximate surface area is 143 Å². The molecule has 0 aromatic heterocycles. The molecule has 3 aliphatic rings. The topological polar surface area (TPSA) is 38.5 Å². The van der Waals surface area contributed by atoms with Crippen LogP contribution in [0.15, 0.2) is 12.2 Å². The van der Waals surface area contributed by atoms with Crippen LogP contribution in [0.2, 0.25) is 0 Å². The lowest BCUT2D eigenvalue weighted by molar-refractivity contribution is 0.0839. The van der Waals surface area contributed by atoms with E-state index in [-0.39, 0.29) is 0 Å². The summed E-state index contributed by atoms with van der Waals surface area (Å²) in [4.78, 5) is 0. The van der Waals surface area contributed by atoms with Gasteiger partial charge in [0.05, 0.1) is 12.2 Å². The van der Waals surface area contributed by atoms with Gasteiger partial charge in [0, 0.05) is 0 Å². The third-order valence-electron chi connectivity index (χ3n) is 7.19. The highest BCUT2D eigenvalue weighted by Crippen LogP contribution is 2.48. The van der Waals surface area contributed by atoms with Gasteiger partial charge in [-0.05, 0) is 75.2 Å². The van der Waals surface area contributed by atoms with Crippen LogP contribution < -0.4 is 5.73 Å². The average molecular weight is 320 g/mol. The molecule has 1 spiro atoms. The fraction of sp³-hybridized carbons (Fsp3) is 0.905. The first-order chi connectivity index (χ1) is 11.2. The summed E-state index contributed by atoms with van der Waals surface area (Å²) in [5.41, 5.74) is 6.49. The minimum atomic E-state index is 0.334. The molecule has 2 saturated carbocycles. The number of hydrogen-bond donors (Lipinski definition) is 1. The van der Waals surface area contributed by atoms with Gasteiger partial charge in [-0.15, -0.1) is 0 Å². The second-order valence-electron chi connectivity index (χ2n) is 8.69. The van der Waals surface area contributed by atoms with Gasteiger partial charge in [-0.1, -0.05) is 44.8 Å². The van der Waals surface area contributed by atoms with Crippen LogP contribution in [0.3, 0.4) is 0 Å². The number of epoxide rings is 1. The minimum absolute atomic E-state index is 0.334. The van der Waals surface area contributed by atoms with E-state index >= 15 is 0 Å². The van der Waals surface area contributed by atoms with E-state index in [2.05, 4.69) is 26.0 Å². The van der Waals surface area contributed by atoms with Gasteiger partial charge in [-0.2, -0.15) is 0 Å². The van der Waals surface area contributed by atoms with E-state index in [1.165, 1.54) is 57.8 Å². The van der Waals surface area contributed by atoms with Crippen molar-refractivity contribution in [3.8, 4) is 0 Å². The molecule has 1 unspecified atom stereocenters. The summed E-state index contributed by atoms with van der Waals surface area (Å²) in [6, 6.07) is 0. The molecule has 0 aromatic rings. The molecule has 1 saturated heterocycles. The van der Waals surface area contributed by atoms with Crippen LogP contribution in [0, 0.1) is 29.6 Å². The monoisotopic (exact) mass is 319 g/mol. The zero-order chi connectivity index (χ0) is 16.3. The Morgan fingerprint density at radius 1 is 1.17 bits per heavy atom. The molecule has 1 heterocycles. The first kappa shape index (κ1) is 17.5. The molecular formula is C21H37NO. The zero-order valence-electron chi connectivity index (χ0n) is 15.3. The Bertz CT molecular complexity index is 401. The van der Waals surface area contributed by atoms with Gasteiger partial charge in [0.1, 0.15) is 0 Å². The predicted octanol–water partition coefficient (Wildman–Crippen LogP) is 4.93. The molecule has 2 heteroatoms. The van der Waals surface area contributed by atoms with E-state index in [1.54, 1.807) is 0 Å². The number of nitrogens with two attached hydrogens (primary N) is 1. The average Bonchev–Trinajstić information content (AvgIpc) is 3.30. The van der Waals surface area contributed by atoms with Crippen LogP contribution in [0.5, 0.6) is 0 Å². The largest absolute Gasteiger partial charge is 0.370 e. The molecule has 0 aromatic carbocycles. The van der Waals surface area contributed by atoms with Gasteiger partial charge in [0.25, 0.3) is 0 Å². The van der Waals surface area contributed by atoms with Crippen LogP contribution in [0.25, 0.3) is 0 Å². The van der Waals surface area contributed by atoms with Crippen molar-refractivity contribution in [1.82, 2.24) is 0 Å². The number of rotatable bonds is 6. The lowest BCUT2D eigenvalue weighted by atomic mass is 9.63. The van der Waals surface area contributed by atoms with Crippen molar-refractivity contribution in [3.05, 3.63) is 12.2 Å². The van der Waals surface area contributed by atoms with Crippen molar-refractivity contribution in [2.24, 2.45) is 35.3 Å². The van der Waals surface area contributed by atoms with E-state index in [1.807, 2.05) is 0 Å². The Morgan fingerprint density at radius 3 is 2.70 bits per heavy atom. The molecule has 1 aliphatic heterocycles. The Kier molecular flexibility index (Phi) is 5.85.